The SMILES string of the molecule is Cc1ccc(Nc2cc(C(=O)Nc3ccc(Cl)cc3)nc(C)n2)c(C)c1. The summed E-state index contributed by atoms with van der Waals surface area (Å²) in [5, 5.41) is 6.68. The van der Waals surface area contributed by atoms with Gasteiger partial charge in [0.2, 0.25) is 0 Å². The lowest BCUT2D eigenvalue weighted by Crippen LogP contribution is -2.15. The van der Waals surface area contributed by atoms with Crippen molar-refractivity contribution in [1.29, 1.82) is 0 Å². The Labute approximate surface area is 157 Å². The molecule has 1 aromatic heterocycles. The molecule has 0 unspecified atom stereocenters. The van der Waals surface area contributed by atoms with Crippen LogP contribution >= 0.6 is 11.6 Å². The van der Waals surface area contributed by atoms with Gasteiger partial charge in [-0.25, -0.2) is 9.97 Å². The summed E-state index contributed by atoms with van der Waals surface area (Å²) < 4.78 is 0. The molecule has 0 bridgehead atoms. The van der Waals surface area contributed by atoms with E-state index in [1.165, 1.54) is 5.56 Å². The summed E-state index contributed by atoms with van der Waals surface area (Å²) in [6.07, 6.45) is 0. The molecule has 0 radical (unpaired) electrons. The van der Waals surface area contributed by atoms with Crippen LogP contribution in [0.2, 0.25) is 5.02 Å². The van der Waals surface area contributed by atoms with Crippen LogP contribution in [0.1, 0.15) is 27.4 Å². The van der Waals surface area contributed by atoms with E-state index in [9.17, 15) is 4.79 Å². The third-order valence-electron chi connectivity index (χ3n) is 3.82. The quantitative estimate of drug-likeness (QED) is 0.678. The third-order valence-corrected chi connectivity index (χ3v) is 4.07. The van der Waals surface area contributed by atoms with Gasteiger partial charge in [0.05, 0.1) is 0 Å². The number of carbonyl (C=O) groups is 1. The zero-order valence-corrected chi connectivity index (χ0v) is 15.6. The molecule has 2 aromatic carbocycles. The van der Waals surface area contributed by atoms with Crippen LogP contribution in [0, 0.1) is 20.8 Å². The number of halogens is 1. The second kappa shape index (κ2) is 7.54. The van der Waals surface area contributed by atoms with Gasteiger partial charge in [-0.05, 0) is 56.7 Å². The molecule has 0 aliphatic carbocycles. The Morgan fingerprint density at radius 3 is 2.38 bits per heavy atom. The Balaban J connectivity index is 1.82. The zero-order chi connectivity index (χ0) is 18.7. The largest absolute Gasteiger partial charge is 0.340 e. The van der Waals surface area contributed by atoms with Crippen molar-refractivity contribution in [3.05, 3.63) is 76.2 Å². The van der Waals surface area contributed by atoms with Crippen molar-refractivity contribution in [2.45, 2.75) is 20.8 Å². The smallest absolute Gasteiger partial charge is 0.274 e. The number of aryl methyl sites for hydroxylation is 3. The minimum absolute atomic E-state index is 0.291. The number of carbonyl (C=O) groups excluding carboxylic acids is 1. The zero-order valence-electron chi connectivity index (χ0n) is 14.8. The van der Waals surface area contributed by atoms with Crippen LogP contribution in [0.3, 0.4) is 0 Å². The first-order chi connectivity index (χ1) is 12.4. The molecule has 6 heteroatoms. The summed E-state index contributed by atoms with van der Waals surface area (Å²) >= 11 is 5.86. The fourth-order valence-electron chi connectivity index (χ4n) is 2.57. The Morgan fingerprint density at radius 1 is 0.962 bits per heavy atom. The monoisotopic (exact) mass is 366 g/mol. The van der Waals surface area contributed by atoms with E-state index in [-0.39, 0.29) is 5.91 Å². The summed E-state index contributed by atoms with van der Waals surface area (Å²) in [7, 11) is 0. The normalized spacial score (nSPS) is 10.5. The van der Waals surface area contributed by atoms with Crippen molar-refractivity contribution in [1.82, 2.24) is 9.97 Å². The molecule has 132 valence electrons. The van der Waals surface area contributed by atoms with E-state index in [0.717, 1.165) is 11.3 Å². The van der Waals surface area contributed by atoms with Gasteiger partial charge in [0, 0.05) is 22.5 Å². The number of nitrogens with one attached hydrogen (secondary N) is 2. The van der Waals surface area contributed by atoms with Crippen LogP contribution in [0.4, 0.5) is 17.2 Å². The maximum Gasteiger partial charge on any atom is 0.274 e. The second-order valence-electron chi connectivity index (χ2n) is 6.09. The predicted octanol–water partition coefficient (Wildman–Crippen LogP) is 5.05. The average molecular weight is 367 g/mol. The van der Waals surface area contributed by atoms with Gasteiger partial charge in [0.15, 0.2) is 0 Å². The summed E-state index contributed by atoms with van der Waals surface area (Å²) in [4.78, 5) is 21.1. The van der Waals surface area contributed by atoms with Crippen molar-refractivity contribution < 1.29 is 4.79 Å². The minimum atomic E-state index is -0.304. The number of amides is 1. The number of anilines is 3. The first kappa shape index (κ1) is 17.9. The molecule has 2 N–H and O–H groups in total. The Morgan fingerprint density at radius 2 is 1.69 bits per heavy atom. The van der Waals surface area contributed by atoms with Gasteiger partial charge in [-0.1, -0.05) is 29.3 Å². The highest BCUT2D eigenvalue weighted by Gasteiger charge is 2.12. The van der Waals surface area contributed by atoms with Gasteiger partial charge in [-0.2, -0.15) is 0 Å². The fraction of sp³-hybridized carbons (Fsp3) is 0.150. The molecule has 0 fully saturated rings. The van der Waals surface area contributed by atoms with Crippen molar-refractivity contribution in [2.75, 3.05) is 10.6 Å². The van der Waals surface area contributed by atoms with Crippen LogP contribution in [0.25, 0.3) is 0 Å². The maximum atomic E-state index is 12.5. The third kappa shape index (κ3) is 4.37. The molecule has 0 aliphatic rings. The van der Waals surface area contributed by atoms with E-state index < -0.39 is 0 Å². The number of benzene rings is 2. The maximum absolute atomic E-state index is 12.5. The highest BCUT2D eigenvalue weighted by Crippen LogP contribution is 2.21. The van der Waals surface area contributed by atoms with Gasteiger partial charge < -0.3 is 10.6 Å². The molecule has 0 saturated heterocycles. The molecule has 0 aliphatic heterocycles. The van der Waals surface area contributed by atoms with E-state index in [1.54, 1.807) is 37.3 Å². The number of aromatic nitrogens is 2. The number of rotatable bonds is 4. The van der Waals surface area contributed by atoms with Crippen LogP contribution in [0.5, 0.6) is 0 Å². The van der Waals surface area contributed by atoms with Gasteiger partial charge >= 0.3 is 0 Å². The van der Waals surface area contributed by atoms with Gasteiger partial charge in [-0.3, -0.25) is 4.79 Å². The van der Waals surface area contributed by atoms with E-state index in [1.807, 2.05) is 26.0 Å². The molecule has 0 atom stereocenters. The van der Waals surface area contributed by atoms with Gasteiger partial charge in [0.25, 0.3) is 5.91 Å². The summed E-state index contributed by atoms with van der Waals surface area (Å²) in [6, 6.07) is 14.7. The van der Waals surface area contributed by atoms with E-state index in [4.69, 9.17) is 11.6 Å². The molecule has 1 heterocycles. The number of hydrogen-bond donors (Lipinski definition) is 2. The molecule has 3 aromatic rings. The first-order valence-corrected chi connectivity index (χ1v) is 8.55. The van der Waals surface area contributed by atoms with Crippen molar-refractivity contribution in [3.63, 3.8) is 0 Å². The van der Waals surface area contributed by atoms with E-state index in [2.05, 4.69) is 26.7 Å². The van der Waals surface area contributed by atoms with E-state index >= 15 is 0 Å². The van der Waals surface area contributed by atoms with Crippen molar-refractivity contribution >= 4 is 34.7 Å². The van der Waals surface area contributed by atoms with Gasteiger partial charge in [0.1, 0.15) is 17.3 Å². The molecule has 3 rings (SSSR count). The fourth-order valence-corrected chi connectivity index (χ4v) is 2.69. The highest BCUT2D eigenvalue weighted by molar-refractivity contribution is 6.30. The summed E-state index contributed by atoms with van der Waals surface area (Å²) in [5.74, 6) is 0.785. The van der Waals surface area contributed by atoms with Crippen LogP contribution in [-0.4, -0.2) is 15.9 Å². The van der Waals surface area contributed by atoms with Crippen molar-refractivity contribution in [3.8, 4) is 0 Å². The van der Waals surface area contributed by atoms with Crippen molar-refractivity contribution in [2.24, 2.45) is 0 Å². The molecular weight excluding hydrogens is 348 g/mol. The molecule has 0 saturated carbocycles. The molecule has 26 heavy (non-hydrogen) atoms. The lowest BCUT2D eigenvalue weighted by molar-refractivity contribution is 0.102. The lowest BCUT2D eigenvalue weighted by Gasteiger charge is -2.11. The molecule has 1 amide bonds. The standard InChI is InChI=1S/C20H19ClN4O/c1-12-4-9-17(13(2)10-12)25-19-11-18(22-14(3)23-19)20(26)24-16-7-5-15(21)6-8-16/h4-11H,1-3H3,(H,24,26)(H,22,23,25). The Hall–Kier alpha value is -2.92. The Bertz CT molecular complexity index is 955. The first-order valence-electron chi connectivity index (χ1n) is 8.17. The van der Waals surface area contributed by atoms with Crippen LogP contribution in [-0.2, 0) is 0 Å². The molecule has 5 nitrogen and oxygen atoms in total. The van der Waals surface area contributed by atoms with Crippen LogP contribution < -0.4 is 10.6 Å². The minimum Gasteiger partial charge on any atom is -0.340 e. The number of nitrogens with zero attached hydrogens (tertiary/aromatic N) is 2. The number of hydrogen-bond acceptors (Lipinski definition) is 4. The predicted molar refractivity (Wildman–Crippen MR) is 105 cm³/mol. The lowest BCUT2D eigenvalue weighted by atomic mass is 10.1. The second-order valence-corrected chi connectivity index (χ2v) is 6.53. The molecule has 0 spiro atoms. The topological polar surface area (TPSA) is 66.9 Å². The van der Waals surface area contributed by atoms with Gasteiger partial charge in [-0.15, -0.1) is 0 Å². The van der Waals surface area contributed by atoms with Crippen LogP contribution in [0.15, 0.2) is 48.5 Å². The molecular formula is C20H19ClN4O. The highest BCUT2D eigenvalue weighted by atomic mass is 35.5. The Kier molecular flexibility index (Phi) is 5.19. The summed E-state index contributed by atoms with van der Waals surface area (Å²) in [6.45, 7) is 5.83. The summed E-state index contributed by atoms with van der Waals surface area (Å²) in [5.41, 5.74) is 4.18. The average Bonchev–Trinajstić information content (AvgIpc) is 2.59. The van der Waals surface area contributed by atoms with E-state index in [0.29, 0.717) is 28.0 Å².